The van der Waals surface area contributed by atoms with Crippen LogP contribution in [-0.2, 0) is 0 Å². The van der Waals surface area contributed by atoms with E-state index in [1.165, 1.54) is 44.3 Å². The van der Waals surface area contributed by atoms with Gasteiger partial charge in [-0.05, 0) is 56.3 Å². The van der Waals surface area contributed by atoms with Crippen LogP contribution in [0.4, 0.5) is 5.69 Å². The smallest absolute Gasteiger partial charge is 0.0354 e. The predicted octanol–water partition coefficient (Wildman–Crippen LogP) is 3.00. The molecule has 2 nitrogen and oxygen atoms in total. The molecule has 3 rings (SSSR count). The van der Waals surface area contributed by atoms with Gasteiger partial charge in [-0.3, -0.25) is 0 Å². The summed E-state index contributed by atoms with van der Waals surface area (Å²) in [4.78, 5) is 0. The molecule has 2 heteroatoms. The maximum atomic E-state index is 5.47. The van der Waals surface area contributed by atoms with Crippen LogP contribution >= 0.6 is 0 Å². The molecule has 2 fully saturated rings. The lowest BCUT2D eigenvalue weighted by Crippen LogP contribution is -2.38. The largest absolute Gasteiger partial charge is 0.382 e. The SMILES string of the molecule is C#Cc1cccc(NC2CCCC2C2CCCN2)c1. The zero-order valence-corrected chi connectivity index (χ0v) is 11.4. The third-order valence-corrected chi connectivity index (χ3v) is 4.57. The van der Waals surface area contributed by atoms with Crippen molar-refractivity contribution in [2.75, 3.05) is 11.9 Å². The highest BCUT2D eigenvalue weighted by Crippen LogP contribution is 2.33. The topological polar surface area (TPSA) is 24.1 Å². The molecule has 19 heavy (non-hydrogen) atoms. The van der Waals surface area contributed by atoms with Crippen LogP contribution in [0.25, 0.3) is 0 Å². The summed E-state index contributed by atoms with van der Waals surface area (Å²) in [6.45, 7) is 1.19. The zero-order valence-electron chi connectivity index (χ0n) is 11.4. The fourth-order valence-corrected chi connectivity index (χ4v) is 3.64. The average Bonchev–Trinajstić information content (AvgIpc) is 3.09. The van der Waals surface area contributed by atoms with Gasteiger partial charge < -0.3 is 10.6 Å². The summed E-state index contributed by atoms with van der Waals surface area (Å²) in [6, 6.07) is 9.54. The minimum atomic E-state index is 0.601. The first-order chi connectivity index (χ1) is 9.36. The van der Waals surface area contributed by atoms with Gasteiger partial charge in [-0.25, -0.2) is 0 Å². The first kappa shape index (κ1) is 12.6. The molecular formula is C17H22N2. The van der Waals surface area contributed by atoms with Crippen LogP contribution < -0.4 is 10.6 Å². The summed E-state index contributed by atoms with van der Waals surface area (Å²) in [6.07, 6.45) is 12.1. The van der Waals surface area contributed by atoms with Crippen LogP contribution in [0.1, 0.15) is 37.7 Å². The maximum absolute atomic E-state index is 5.47. The molecule has 100 valence electrons. The molecule has 1 aliphatic carbocycles. The van der Waals surface area contributed by atoms with Crippen molar-refractivity contribution in [2.45, 2.75) is 44.2 Å². The van der Waals surface area contributed by atoms with Crippen molar-refractivity contribution in [3.8, 4) is 12.3 Å². The number of benzene rings is 1. The number of rotatable bonds is 3. The van der Waals surface area contributed by atoms with Crippen molar-refractivity contribution < 1.29 is 0 Å². The van der Waals surface area contributed by atoms with Gasteiger partial charge in [0.2, 0.25) is 0 Å². The van der Waals surface area contributed by atoms with Gasteiger partial charge in [-0.15, -0.1) is 6.42 Å². The molecule has 1 aromatic rings. The molecule has 0 spiro atoms. The Kier molecular flexibility index (Phi) is 3.75. The summed E-state index contributed by atoms with van der Waals surface area (Å²) < 4.78 is 0. The summed E-state index contributed by atoms with van der Waals surface area (Å²) in [5, 5.41) is 7.37. The van der Waals surface area contributed by atoms with Crippen LogP contribution in [0.3, 0.4) is 0 Å². The highest BCUT2D eigenvalue weighted by atomic mass is 15.0. The third kappa shape index (κ3) is 2.77. The fourth-order valence-electron chi connectivity index (χ4n) is 3.64. The Hall–Kier alpha value is -1.46. The Morgan fingerprint density at radius 1 is 1.21 bits per heavy atom. The van der Waals surface area contributed by atoms with Crippen molar-refractivity contribution in [1.82, 2.24) is 5.32 Å². The lowest BCUT2D eigenvalue weighted by atomic mass is 9.93. The standard InChI is InChI=1S/C17H22N2/c1-2-13-6-3-7-14(12-13)19-17-9-4-8-15(17)16-10-5-11-18-16/h1,3,6-7,12,15-19H,4-5,8-11H2. The fraction of sp³-hybridized carbons (Fsp3) is 0.529. The van der Waals surface area contributed by atoms with Crippen LogP contribution in [0.15, 0.2) is 24.3 Å². The maximum Gasteiger partial charge on any atom is 0.0354 e. The quantitative estimate of drug-likeness (QED) is 0.810. The minimum Gasteiger partial charge on any atom is -0.382 e. The van der Waals surface area contributed by atoms with Gasteiger partial charge in [0.25, 0.3) is 0 Å². The van der Waals surface area contributed by atoms with E-state index in [-0.39, 0.29) is 0 Å². The summed E-state index contributed by atoms with van der Waals surface area (Å²) in [5.74, 6) is 3.48. The van der Waals surface area contributed by atoms with Gasteiger partial charge in [0.1, 0.15) is 0 Å². The Balaban J connectivity index is 1.69. The van der Waals surface area contributed by atoms with Gasteiger partial charge in [0.15, 0.2) is 0 Å². The number of anilines is 1. The van der Waals surface area contributed by atoms with E-state index < -0.39 is 0 Å². The monoisotopic (exact) mass is 254 g/mol. The summed E-state index contributed by atoms with van der Waals surface area (Å²) in [7, 11) is 0. The lowest BCUT2D eigenvalue weighted by molar-refractivity contribution is 0.376. The molecule has 0 amide bonds. The highest BCUT2D eigenvalue weighted by Gasteiger charge is 2.34. The molecule has 0 aromatic heterocycles. The summed E-state index contributed by atoms with van der Waals surface area (Å²) >= 11 is 0. The number of hydrogen-bond donors (Lipinski definition) is 2. The molecular weight excluding hydrogens is 232 g/mol. The van der Waals surface area contributed by atoms with Crippen LogP contribution in [0.5, 0.6) is 0 Å². The van der Waals surface area contributed by atoms with Crippen molar-refractivity contribution in [3.63, 3.8) is 0 Å². The van der Waals surface area contributed by atoms with E-state index in [1.54, 1.807) is 0 Å². The van der Waals surface area contributed by atoms with Gasteiger partial charge in [-0.2, -0.15) is 0 Å². The number of nitrogens with one attached hydrogen (secondary N) is 2. The van der Waals surface area contributed by atoms with E-state index in [9.17, 15) is 0 Å². The van der Waals surface area contributed by atoms with Crippen molar-refractivity contribution in [1.29, 1.82) is 0 Å². The highest BCUT2D eigenvalue weighted by molar-refractivity contribution is 5.50. The zero-order chi connectivity index (χ0) is 13.1. The molecule has 3 unspecified atom stereocenters. The minimum absolute atomic E-state index is 0.601. The average molecular weight is 254 g/mol. The van der Waals surface area contributed by atoms with E-state index in [0.29, 0.717) is 6.04 Å². The van der Waals surface area contributed by atoms with Gasteiger partial charge in [-0.1, -0.05) is 18.4 Å². The third-order valence-electron chi connectivity index (χ3n) is 4.57. The van der Waals surface area contributed by atoms with Crippen molar-refractivity contribution in [3.05, 3.63) is 29.8 Å². The van der Waals surface area contributed by atoms with Crippen molar-refractivity contribution >= 4 is 5.69 Å². The molecule has 1 saturated carbocycles. The molecule has 3 atom stereocenters. The van der Waals surface area contributed by atoms with E-state index in [0.717, 1.165) is 17.5 Å². The van der Waals surface area contributed by atoms with E-state index in [4.69, 9.17) is 6.42 Å². The molecule has 1 saturated heterocycles. The normalized spacial score (nSPS) is 30.2. The molecule has 0 radical (unpaired) electrons. The Bertz CT molecular complexity index is 468. The van der Waals surface area contributed by atoms with Crippen LogP contribution in [-0.4, -0.2) is 18.6 Å². The Morgan fingerprint density at radius 2 is 2.16 bits per heavy atom. The van der Waals surface area contributed by atoms with Gasteiger partial charge >= 0.3 is 0 Å². The summed E-state index contributed by atoms with van der Waals surface area (Å²) in [5.41, 5.74) is 2.13. The second kappa shape index (κ2) is 5.67. The van der Waals surface area contributed by atoms with Gasteiger partial charge in [0, 0.05) is 23.3 Å². The molecule has 1 aliphatic heterocycles. The second-order valence-corrected chi connectivity index (χ2v) is 5.77. The Morgan fingerprint density at radius 3 is 2.95 bits per heavy atom. The van der Waals surface area contributed by atoms with E-state index in [2.05, 4.69) is 28.7 Å². The lowest BCUT2D eigenvalue weighted by Gasteiger charge is -2.27. The van der Waals surface area contributed by atoms with Crippen molar-refractivity contribution in [2.24, 2.45) is 5.92 Å². The molecule has 2 N–H and O–H groups in total. The van der Waals surface area contributed by atoms with Gasteiger partial charge in [0.05, 0.1) is 0 Å². The molecule has 0 bridgehead atoms. The van der Waals surface area contributed by atoms with E-state index >= 15 is 0 Å². The Labute approximate surface area is 116 Å². The number of hydrogen-bond acceptors (Lipinski definition) is 2. The predicted molar refractivity (Wildman–Crippen MR) is 80.2 cm³/mol. The first-order valence-electron chi connectivity index (χ1n) is 7.43. The molecule has 1 aromatic carbocycles. The first-order valence-corrected chi connectivity index (χ1v) is 7.43. The van der Waals surface area contributed by atoms with E-state index in [1.807, 2.05) is 12.1 Å². The molecule has 2 aliphatic rings. The number of terminal acetylenes is 1. The molecule has 1 heterocycles. The van der Waals surface area contributed by atoms with Crippen LogP contribution in [0, 0.1) is 18.3 Å². The second-order valence-electron chi connectivity index (χ2n) is 5.77. The van der Waals surface area contributed by atoms with Crippen LogP contribution in [0.2, 0.25) is 0 Å².